The lowest BCUT2D eigenvalue weighted by atomic mass is 9.83. The average molecular weight is 188 g/mol. The van der Waals surface area contributed by atoms with Crippen LogP contribution in [0.3, 0.4) is 0 Å². The van der Waals surface area contributed by atoms with E-state index in [1.807, 2.05) is 0 Å². The van der Waals surface area contributed by atoms with Crippen molar-refractivity contribution in [3.05, 3.63) is 0 Å². The van der Waals surface area contributed by atoms with Gasteiger partial charge in [0.1, 0.15) is 6.10 Å². The second-order valence-corrected chi connectivity index (χ2v) is 4.01. The molecule has 2 saturated carbocycles. The maximum atomic E-state index is 10.6. The number of hydrogen-bond acceptors (Lipinski definition) is 4. The summed E-state index contributed by atoms with van der Waals surface area (Å²) in [6.45, 7) is 0. The minimum atomic E-state index is -1.35. The Morgan fingerprint density at radius 3 is 2.54 bits per heavy atom. The van der Waals surface area contributed by atoms with Crippen molar-refractivity contribution in [3.8, 4) is 0 Å². The molecule has 0 aromatic rings. The first kappa shape index (κ1) is 8.93. The molecule has 5 atom stereocenters. The quantitative estimate of drug-likeness (QED) is 0.404. The molecule has 0 radical (unpaired) electrons. The van der Waals surface area contributed by atoms with Crippen molar-refractivity contribution in [3.63, 3.8) is 0 Å². The minimum absolute atomic E-state index is 0.160. The maximum absolute atomic E-state index is 10.6. The van der Waals surface area contributed by atoms with Crippen LogP contribution < -0.4 is 0 Å². The first-order valence-electron chi connectivity index (χ1n) is 4.28. The van der Waals surface area contributed by atoms with Crippen LogP contribution in [0.4, 0.5) is 0 Å². The van der Waals surface area contributed by atoms with E-state index in [1.54, 1.807) is 0 Å². The van der Waals surface area contributed by atoms with Gasteiger partial charge in [0.15, 0.2) is 0 Å². The second-order valence-electron chi connectivity index (χ2n) is 4.01. The Morgan fingerprint density at radius 2 is 2.00 bits per heavy atom. The number of aliphatic hydroxyl groups excluding tert-OH is 2. The molecule has 0 spiro atoms. The normalized spacial score (nSPS) is 54.1. The zero-order valence-electron chi connectivity index (χ0n) is 6.92. The van der Waals surface area contributed by atoms with Gasteiger partial charge in [0, 0.05) is 0 Å². The Hall–Kier alpha value is -0.650. The number of fused-ring (bicyclic) bond motifs is 1. The van der Waals surface area contributed by atoms with Crippen LogP contribution in [0.2, 0.25) is 0 Å². The van der Waals surface area contributed by atoms with Crippen molar-refractivity contribution in [2.45, 2.75) is 30.7 Å². The molecule has 74 valence electrons. The second kappa shape index (κ2) is 2.43. The zero-order chi connectivity index (χ0) is 9.80. The van der Waals surface area contributed by atoms with Gasteiger partial charge in [0.25, 0.3) is 0 Å². The molecule has 0 saturated heterocycles. The number of carboxylic acid groups (broad SMARTS) is 1. The van der Waals surface area contributed by atoms with Crippen LogP contribution >= 0.6 is 0 Å². The van der Waals surface area contributed by atoms with Gasteiger partial charge in [-0.1, -0.05) is 0 Å². The van der Waals surface area contributed by atoms with Gasteiger partial charge in [0.05, 0.1) is 17.6 Å². The average Bonchev–Trinajstić information content (AvgIpc) is 2.70. The first-order chi connectivity index (χ1) is 5.97. The number of hydrogen-bond donors (Lipinski definition) is 4. The van der Waals surface area contributed by atoms with E-state index in [0.29, 0.717) is 6.42 Å². The fraction of sp³-hybridized carbons (Fsp3) is 0.875. The van der Waals surface area contributed by atoms with Gasteiger partial charge in [-0.05, 0) is 18.8 Å². The molecule has 0 aromatic carbocycles. The van der Waals surface area contributed by atoms with Gasteiger partial charge in [0.2, 0.25) is 0 Å². The molecule has 2 rings (SSSR count). The van der Waals surface area contributed by atoms with Crippen LogP contribution in [-0.4, -0.2) is 44.2 Å². The van der Waals surface area contributed by atoms with Crippen LogP contribution in [0.1, 0.15) is 12.8 Å². The van der Waals surface area contributed by atoms with Crippen LogP contribution in [0, 0.1) is 11.8 Å². The number of aliphatic carboxylic acids is 1. The van der Waals surface area contributed by atoms with Crippen LogP contribution in [-0.2, 0) is 4.79 Å². The Balaban J connectivity index is 2.17. The van der Waals surface area contributed by atoms with Gasteiger partial charge in [-0.25, -0.2) is 0 Å². The lowest BCUT2D eigenvalue weighted by Crippen LogP contribution is -2.50. The van der Waals surface area contributed by atoms with E-state index in [1.165, 1.54) is 0 Å². The SMILES string of the molecule is O=C(O)C1C[C@H]2CC2(O)[C@@H](O)[C@@H]1O. The van der Waals surface area contributed by atoms with Crippen molar-refractivity contribution in [1.82, 2.24) is 0 Å². The fourth-order valence-electron chi connectivity index (χ4n) is 2.19. The third kappa shape index (κ3) is 1.08. The molecular formula is C8H12O5. The molecule has 5 nitrogen and oxygen atoms in total. The summed E-state index contributed by atoms with van der Waals surface area (Å²) in [7, 11) is 0. The molecule has 2 unspecified atom stereocenters. The standard InChI is InChI=1S/C8H12O5/c9-5-4(7(11)12)1-3-2-8(3,13)6(5)10/h3-6,9-10,13H,1-2H2,(H,11,12)/t3-,4?,5+,6-,8?/m0/s1. The predicted molar refractivity (Wildman–Crippen MR) is 40.8 cm³/mol. The molecule has 4 N–H and O–H groups in total. The van der Waals surface area contributed by atoms with Gasteiger partial charge < -0.3 is 20.4 Å². The summed E-state index contributed by atoms with van der Waals surface area (Å²) in [6.07, 6.45) is -2.01. The summed E-state index contributed by atoms with van der Waals surface area (Å²) in [5, 5.41) is 37.1. The molecule has 5 heteroatoms. The maximum Gasteiger partial charge on any atom is 0.309 e. The van der Waals surface area contributed by atoms with Crippen molar-refractivity contribution >= 4 is 5.97 Å². The van der Waals surface area contributed by atoms with E-state index in [2.05, 4.69) is 0 Å². The smallest absolute Gasteiger partial charge is 0.309 e. The lowest BCUT2D eigenvalue weighted by Gasteiger charge is -2.32. The molecule has 2 fully saturated rings. The van der Waals surface area contributed by atoms with Gasteiger partial charge >= 0.3 is 5.97 Å². The topological polar surface area (TPSA) is 98.0 Å². The van der Waals surface area contributed by atoms with E-state index in [9.17, 15) is 20.1 Å². The fourth-order valence-corrected chi connectivity index (χ4v) is 2.19. The molecular weight excluding hydrogens is 176 g/mol. The monoisotopic (exact) mass is 188 g/mol. The van der Waals surface area contributed by atoms with E-state index in [4.69, 9.17) is 5.11 Å². The molecule has 2 aliphatic carbocycles. The van der Waals surface area contributed by atoms with E-state index >= 15 is 0 Å². The highest BCUT2D eigenvalue weighted by Crippen LogP contribution is 2.55. The Labute approximate surface area is 74.6 Å². The third-order valence-electron chi connectivity index (χ3n) is 3.22. The predicted octanol–water partition coefficient (Wildman–Crippen LogP) is -1.44. The molecule has 13 heavy (non-hydrogen) atoms. The Bertz CT molecular complexity index is 253. The summed E-state index contributed by atoms with van der Waals surface area (Å²) in [5.74, 6) is -2.21. The first-order valence-corrected chi connectivity index (χ1v) is 4.28. The van der Waals surface area contributed by atoms with Gasteiger partial charge in [-0.15, -0.1) is 0 Å². The highest BCUT2D eigenvalue weighted by Gasteiger charge is 2.65. The largest absolute Gasteiger partial charge is 0.481 e. The van der Waals surface area contributed by atoms with E-state index < -0.39 is 29.7 Å². The molecule has 0 amide bonds. The summed E-state index contributed by atoms with van der Waals surface area (Å²) in [4.78, 5) is 10.6. The summed E-state index contributed by atoms with van der Waals surface area (Å²) in [5.41, 5.74) is -1.22. The van der Waals surface area contributed by atoms with E-state index in [0.717, 1.165) is 0 Å². The molecule has 2 aliphatic rings. The molecule has 0 heterocycles. The highest BCUT2D eigenvalue weighted by molar-refractivity contribution is 5.71. The number of rotatable bonds is 1. The Kier molecular flexibility index (Phi) is 1.67. The Morgan fingerprint density at radius 1 is 1.38 bits per heavy atom. The number of aliphatic hydroxyl groups is 3. The minimum Gasteiger partial charge on any atom is -0.481 e. The summed E-state index contributed by atoms with van der Waals surface area (Å²) in [6, 6.07) is 0. The third-order valence-corrected chi connectivity index (χ3v) is 3.22. The highest BCUT2D eigenvalue weighted by atomic mass is 16.4. The van der Waals surface area contributed by atoms with Crippen molar-refractivity contribution in [1.29, 1.82) is 0 Å². The van der Waals surface area contributed by atoms with Crippen LogP contribution in [0.15, 0.2) is 0 Å². The number of carboxylic acids is 1. The molecule has 0 aliphatic heterocycles. The van der Waals surface area contributed by atoms with Gasteiger partial charge in [-0.2, -0.15) is 0 Å². The van der Waals surface area contributed by atoms with Crippen molar-refractivity contribution < 1.29 is 25.2 Å². The van der Waals surface area contributed by atoms with Crippen LogP contribution in [0.5, 0.6) is 0 Å². The van der Waals surface area contributed by atoms with Crippen LogP contribution in [0.25, 0.3) is 0 Å². The van der Waals surface area contributed by atoms with Crippen molar-refractivity contribution in [2.24, 2.45) is 11.8 Å². The van der Waals surface area contributed by atoms with E-state index in [-0.39, 0.29) is 12.3 Å². The molecule has 0 bridgehead atoms. The van der Waals surface area contributed by atoms with Gasteiger partial charge in [-0.3, -0.25) is 4.79 Å². The molecule has 0 aromatic heterocycles. The number of carbonyl (C=O) groups is 1. The lowest BCUT2D eigenvalue weighted by molar-refractivity contribution is -0.162. The summed E-state index contributed by atoms with van der Waals surface area (Å²) < 4.78 is 0. The van der Waals surface area contributed by atoms with Crippen molar-refractivity contribution in [2.75, 3.05) is 0 Å². The summed E-state index contributed by atoms with van der Waals surface area (Å²) >= 11 is 0. The zero-order valence-corrected chi connectivity index (χ0v) is 6.92.